The van der Waals surface area contributed by atoms with Crippen LogP contribution in [0.2, 0.25) is 0 Å². The van der Waals surface area contributed by atoms with Gasteiger partial charge < -0.3 is 5.11 Å². The summed E-state index contributed by atoms with van der Waals surface area (Å²) in [5, 5.41) is 13.6. The summed E-state index contributed by atoms with van der Waals surface area (Å²) in [4.78, 5) is 15.4. The molecule has 0 radical (unpaired) electrons. The number of nitrogens with zero attached hydrogens (tertiary/aromatic N) is 3. The van der Waals surface area contributed by atoms with Crippen molar-refractivity contribution in [1.82, 2.24) is 14.6 Å². The lowest BCUT2D eigenvalue weighted by Gasteiger charge is -2.10. The van der Waals surface area contributed by atoms with Gasteiger partial charge in [-0.2, -0.15) is 5.10 Å². The van der Waals surface area contributed by atoms with Gasteiger partial charge in [-0.1, -0.05) is 19.9 Å². The molecular formula is C17H15F2N3O2. The molecule has 0 atom stereocenters. The summed E-state index contributed by atoms with van der Waals surface area (Å²) in [6.45, 7) is 5.36. The second kappa shape index (κ2) is 5.67. The molecule has 24 heavy (non-hydrogen) atoms. The Morgan fingerprint density at radius 1 is 1.21 bits per heavy atom. The number of aromatic nitrogens is 3. The lowest BCUT2D eigenvalue weighted by molar-refractivity contribution is 0.0690. The predicted molar refractivity (Wildman–Crippen MR) is 84.1 cm³/mol. The van der Waals surface area contributed by atoms with Crippen molar-refractivity contribution in [3.63, 3.8) is 0 Å². The molecule has 2 aromatic heterocycles. The Labute approximate surface area is 136 Å². The number of carboxylic acids is 1. The lowest BCUT2D eigenvalue weighted by Crippen LogP contribution is -2.09. The molecule has 3 aromatic rings. The van der Waals surface area contributed by atoms with E-state index in [9.17, 15) is 18.7 Å². The SMILES string of the molecule is Cc1nn2c(C(C)C)cc(C(=O)O)nc2c1-c1c(F)cccc1F. The van der Waals surface area contributed by atoms with Crippen molar-refractivity contribution in [2.75, 3.05) is 0 Å². The first-order valence-electron chi connectivity index (χ1n) is 7.39. The van der Waals surface area contributed by atoms with Crippen molar-refractivity contribution in [3.05, 3.63) is 53.0 Å². The molecule has 0 aliphatic heterocycles. The molecule has 5 nitrogen and oxygen atoms in total. The van der Waals surface area contributed by atoms with E-state index in [1.165, 1.54) is 16.6 Å². The molecule has 7 heteroatoms. The van der Waals surface area contributed by atoms with Crippen LogP contribution in [0, 0.1) is 18.6 Å². The fourth-order valence-electron chi connectivity index (χ4n) is 2.70. The van der Waals surface area contributed by atoms with E-state index in [0.717, 1.165) is 12.1 Å². The summed E-state index contributed by atoms with van der Waals surface area (Å²) in [6.07, 6.45) is 0. The molecule has 0 bridgehead atoms. The zero-order chi connectivity index (χ0) is 17.6. The molecule has 3 rings (SSSR count). The standard InChI is InChI=1S/C17H15F2N3O2/c1-8(2)13-7-12(17(23)24)20-16-14(9(3)21-22(13)16)15-10(18)5-4-6-11(15)19/h4-8H,1-3H3,(H,23,24). The van der Waals surface area contributed by atoms with Crippen LogP contribution in [0.15, 0.2) is 24.3 Å². The van der Waals surface area contributed by atoms with Crippen LogP contribution in [0.25, 0.3) is 16.8 Å². The Morgan fingerprint density at radius 3 is 2.38 bits per heavy atom. The third-order valence-corrected chi connectivity index (χ3v) is 3.81. The highest BCUT2D eigenvalue weighted by atomic mass is 19.1. The Bertz CT molecular complexity index is 944. The van der Waals surface area contributed by atoms with Crippen molar-refractivity contribution in [2.45, 2.75) is 26.7 Å². The van der Waals surface area contributed by atoms with Crippen LogP contribution in [0.1, 0.15) is 41.6 Å². The number of aryl methyl sites for hydroxylation is 1. The monoisotopic (exact) mass is 331 g/mol. The van der Waals surface area contributed by atoms with E-state index in [4.69, 9.17) is 0 Å². The smallest absolute Gasteiger partial charge is 0.354 e. The average Bonchev–Trinajstić information content (AvgIpc) is 2.82. The maximum absolute atomic E-state index is 14.2. The summed E-state index contributed by atoms with van der Waals surface area (Å²) in [5.41, 5.74) is 0.814. The van der Waals surface area contributed by atoms with Gasteiger partial charge in [0, 0.05) is 5.69 Å². The van der Waals surface area contributed by atoms with Gasteiger partial charge in [0.05, 0.1) is 16.8 Å². The van der Waals surface area contributed by atoms with Crippen LogP contribution in [0.5, 0.6) is 0 Å². The maximum atomic E-state index is 14.2. The highest BCUT2D eigenvalue weighted by molar-refractivity contribution is 5.88. The molecule has 1 aromatic carbocycles. The Hall–Kier alpha value is -2.83. The number of aromatic carboxylic acids is 1. The van der Waals surface area contributed by atoms with Crippen LogP contribution in [0.4, 0.5) is 8.78 Å². The minimum absolute atomic E-state index is 0.0498. The van der Waals surface area contributed by atoms with E-state index in [1.807, 2.05) is 13.8 Å². The summed E-state index contributed by atoms with van der Waals surface area (Å²) >= 11 is 0. The first-order valence-corrected chi connectivity index (χ1v) is 7.39. The molecule has 0 fully saturated rings. The molecule has 124 valence electrons. The molecule has 0 amide bonds. The molecule has 0 saturated heterocycles. The minimum Gasteiger partial charge on any atom is -0.477 e. The van der Waals surface area contributed by atoms with Gasteiger partial charge in [0.1, 0.15) is 11.6 Å². The topological polar surface area (TPSA) is 67.5 Å². The second-order valence-electron chi connectivity index (χ2n) is 5.82. The van der Waals surface area contributed by atoms with Crippen molar-refractivity contribution in [1.29, 1.82) is 0 Å². The van der Waals surface area contributed by atoms with Crippen LogP contribution < -0.4 is 0 Å². The van der Waals surface area contributed by atoms with Crippen molar-refractivity contribution in [2.24, 2.45) is 0 Å². The fourth-order valence-corrected chi connectivity index (χ4v) is 2.70. The van der Waals surface area contributed by atoms with Crippen LogP contribution in [-0.2, 0) is 0 Å². The van der Waals surface area contributed by atoms with E-state index < -0.39 is 17.6 Å². The van der Waals surface area contributed by atoms with Crippen molar-refractivity contribution in [3.8, 4) is 11.1 Å². The number of rotatable bonds is 3. The number of hydrogen-bond acceptors (Lipinski definition) is 3. The maximum Gasteiger partial charge on any atom is 0.354 e. The second-order valence-corrected chi connectivity index (χ2v) is 5.82. The predicted octanol–water partition coefficient (Wildman–Crippen LogP) is 3.80. The van der Waals surface area contributed by atoms with Gasteiger partial charge in [-0.3, -0.25) is 0 Å². The minimum atomic E-state index is -1.21. The van der Waals surface area contributed by atoms with Crippen molar-refractivity contribution < 1.29 is 18.7 Å². The highest BCUT2D eigenvalue weighted by Crippen LogP contribution is 2.33. The van der Waals surface area contributed by atoms with E-state index in [0.29, 0.717) is 11.4 Å². The number of benzene rings is 1. The molecule has 0 spiro atoms. The van der Waals surface area contributed by atoms with Crippen LogP contribution in [-0.4, -0.2) is 25.7 Å². The molecule has 0 aliphatic carbocycles. The van der Waals surface area contributed by atoms with Gasteiger partial charge in [0.15, 0.2) is 11.3 Å². The molecule has 0 aliphatic rings. The molecule has 1 N–H and O–H groups in total. The van der Waals surface area contributed by atoms with Gasteiger partial charge in [-0.05, 0) is 31.0 Å². The molecular weight excluding hydrogens is 316 g/mol. The largest absolute Gasteiger partial charge is 0.477 e. The highest BCUT2D eigenvalue weighted by Gasteiger charge is 2.23. The first kappa shape index (κ1) is 16.0. The third kappa shape index (κ3) is 2.42. The average molecular weight is 331 g/mol. The van der Waals surface area contributed by atoms with E-state index in [2.05, 4.69) is 10.1 Å². The fraction of sp³-hybridized carbons (Fsp3) is 0.235. The number of carbonyl (C=O) groups is 1. The van der Waals surface area contributed by atoms with Gasteiger partial charge >= 0.3 is 5.97 Å². The summed E-state index contributed by atoms with van der Waals surface area (Å²) < 4.78 is 29.9. The van der Waals surface area contributed by atoms with Crippen molar-refractivity contribution >= 4 is 11.6 Å². The van der Waals surface area contributed by atoms with Gasteiger partial charge in [-0.25, -0.2) is 23.1 Å². The lowest BCUT2D eigenvalue weighted by atomic mass is 10.0. The molecule has 2 heterocycles. The Morgan fingerprint density at radius 2 is 1.83 bits per heavy atom. The van der Waals surface area contributed by atoms with Crippen LogP contribution in [0.3, 0.4) is 0 Å². The van der Waals surface area contributed by atoms with E-state index in [-0.39, 0.29) is 28.4 Å². The van der Waals surface area contributed by atoms with E-state index in [1.54, 1.807) is 6.92 Å². The molecule has 0 saturated carbocycles. The normalized spacial score (nSPS) is 11.4. The zero-order valence-corrected chi connectivity index (χ0v) is 13.3. The Kier molecular flexibility index (Phi) is 3.79. The van der Waals surface area contributed by atoms with Crippen LogP contribution >= 0.6 is 0 Å². The number of halogens is 2. The van der Waals surface area contributed by atoms with Gasteiger partial charge in [-0.15, -0.1) is 0 Å². The zero-order valence-electron chi connectivity index (χ0n) is 13.3. The molecule has 0 unspecified atom stereocenters. The Balaban J connectivity index is 2.46. The quantitative estimate of drug-likeness (QED) is 0.792. The van der Waals surface area contributed by atoms with Gasteiger partial charge in [0.25, 0.3) is 0 Å². The summed E-state index contributed by atoms with van der Waals surface area (Å²) in [6, 6.07) is 4.98. The van der Waals surface area contributed by atoms with E-state index >= 15 is 0 Å². The number of fused-ring (bicyclic) bond motifs is 1. The number of hydrogen-bond donors (Lipinski definition) is 1. The first-order chi connectivity index (χ1) is 11.3. The summed E-state index contributed by atoms with van der Waals surface area (Å²) in [7, 11) is 0. The third-order valence-electron chi connectivity index (χ3n) is 3.81. The number of carboxylic acid groups (broad SMARTS) is 1. The van der Waals surface area contributed by atoms with Gasteiger partial charge in [0.2, 0.25) is 0 Å². The summed E-state index contributed by atoms with van der Waals surface area (Å²) in [5.74, 6) is -2.76.